The molecule has 0 atom stereocenters. The summed E-state index contributed by atoms with van der Waals surface area (Å²) in [5.41, 5.74) is 0.916. The zero-order valence-electron chi connectivity index (χ0n) is 17.8. The first-order chi connectivity index (χ1) is 15.4. The summed E-state index contributed by atoms with van der Waals surface area (Å²) in [6, 6.07) is 14.8. The number of hydrogen-bond donors (Lipinski definition) is 2. The Hall–Kier alpha value is -3.24. The Balaban J connectivity index is 1.68. The Morgan fingerprint density at radius 1 is 1.00 bits per heavy atom. The van der Waals surface area contributed by atoms with Gasteiger partial charge >= 0.3 is 0 Å². The lowest BCUT2D eigenvalue weighted by Gasteiger charge is -2.12. The molecule has 0 saturated heterocycles. The quantitative estimate of drug-likeness (QED) is 0.487. The van der Waals surface area contributed by atoms with Gasteiger partial charge in [-0.3, -0.25) is 9.52 Å². The predicted molar refractivity (Wildman–Crippen MR) is 123 cm³/mol. The topological polar surface area (TPSA) is 107 Å². The number of nitrogens with one attached hydrogen (secondary N) is 2. The Bertz CT molecular complexity index is 1180. The van der Waals surface area contributed by atoms with E-state index in [2.05, 4.69) is 15.0 Å². The third kappa shape index (κ3) is 5.71. The van der Waals surface area contributed by atoms with Crippen molar-refractivity contribution in [1.29, 1.82) is 0 Å². The Labute approximate surface area is 191 Å². The second-order valence-electron chi connectivity index (χ2n) is 6.49. The minimum atomic E-state index is -3.80. The fourth-order valence-corrected chi connectivity index (χ4v) is 4.58. The summed E-state index contributed by atoms with van der Waals surface area (Å²) in [7, 11) is -0.875. The molecule has 0 aliphatic rings. The number of hydrogen-bond acceptors (Lipinski definition) is 7. The number of carbonyl (C=O) groups is 1. The summed E-state index contributed by atoms with van der Waals surface area (Å²) >= 11 is 1.40. The Morgan fingerprint density at radius 2 is 1.72 bits per heavy atom. The molecule has 10 heteroatoms. The highest BCUT2D eigenvalue weighted by molar-refractivity contribution is 7.99. The number of pyridine rings is 1. The highest BCUT2D eigenvalue weighted by atomic mass is 32.2. The largest absolute Gasteiger partial charge is 0.493 e. The number of nitrogens with zero attached hydrogens (tertiary/aromatic N) is 1. The van der Waals surface area contributed by atoms with Crippen molar-refractivity contribution >= 4 is 33.4 Å². The van der Waals surface area contributed by atoms with Gasteiger partial charge < -0.3 is 14.8 Å². The van der Waals surface area contributed by atoms with E-state index in [0.717, 1.165) is 9.92 Å². The highest BCUT2D eigenvalue weighted by Gasteiger charge is 2.17. The molecular formula is C22H23N3O5S2. The average Bonchev–Trinajstić information content (AvgIpc) is 2.80. The zero-order chi connectivity index (χ0) is 23.1. The molecule has 0 aliphatic heterocycles. The molecule has 3 aromatic rings. The molecule has 2 N–H and O–H groups in total. The molecule has 1 amide bonds. The van der Waals surface area contributed by atoms with Gasteiger partial charge in [-0.25, -0.2) is 13.4 Å². The number of aromatic nitrogens is 1. The molecule has 0 fully saturated rings. The van der Waals surface area contributed by atoms with E-state index in [1.807, 2.05) is 6.92 Å². The van der Waals surface area contributed by atoms with E-state index in [0.29, 0.717) is 29.3 Å². The van der Waals surface area contributed by atoms with Crippen LogP contribution in [0.25, 0.3) is 0 Å². The summed E-state index contributed by atoms with van der Waals surface area (Å²) in [5, 5.41) is 3.44. The third-order valence-electron chi connectivity index (χ3n) is 4.33. The maximum Gasteiger partial charge on any atom is 0.262 e. The second-order valence-corrected chi connectivity index (χ2v) is 9.27. The van der Waals surface area contributed by atoms with E-state index in [1.54, 1.807) is 36.4 Å². The van der Waals surface area contributed by atoms with Crippen LogP contribution in [0.4, 0.5) is 5.69 Å². The Morgan fingerprint density at radius 3 is 2.31 bits per heavy atom. The van der Waals surface area contributed by atoms with Gasteiger partial charge in [0.1, 0.15) is 5.03 Å². The van der Waals surface area contributed by atoms with Crippen molar-refractivity contribution in [3.8, 4) is 11.5 Å². The molecule has 0 unspecified atom stereocenters. The molecule has 32 heavy (non-hydrogen) atoms. The summed E-state index contributed by atoms with van der Waals surface area (Å²) in [4.78, 5) is 17.0. The fraction of sp³-hybridized carbons (Fsp3) is 0.182. The lowest BCUT2D eigenvalue weighted by molar-refractivity contribution is 0.0955. The van der Waals surface area contributed by atoms with Gasteiger partial charge in [-0.15, -0.1) is 0 Å². The smallest absolute Gasteiger partial charge is 0.262 e. The second kappa shape index (κ2) is 10.4. The monoisotopic (exact) mass is 473 g/mol. The fourth-order valence-electron chi connectivity index (χ4n) is 2.75. The molecule has 0 spiro atoms. The lowest BCUT2D eigenvalue weighted by Crippen LogP contribution is -2.22. The first-order valence-electron chi connectivity index (χ1n) is 9.63. The van der Waals surface area contributed by atoms with Crippen LogP contribution in [-0.4, -0.2) is 40.1 Å². The van der Waals surface area contributed by atoms with Gasteiger partial charge in [-0.2, -0.15) is 0 Å². The molecule has 1 heterocycles. The number of amides is 1. The van der Waals surface area contributed by atoms with Crippen LogP contribution >= 0.6 is 11.8 Å². The van der Waals surface area contributed by atoms with Crippen molar-refractivity contribution in [3.05, 3.63) is 66.4 Å². The van der Waals surface area contributed by atoms with Crippen molar-refractivity contribution < 1.29 is 22.7 Å². The van der Waals surface area contributed by atoms with E-state index >= 15 is 0 Å². The van der Waals surface area contributed by atoms with Gasteiger partial charge in [0, 0.05) is 29.4 Å². The number of methoxy groups -OCH3 is 2. The van der Waals surface area contributed by atoms with Crippen LogP contribution in [0.5, 0.6) is 11.5 Å². The van der Waals surface area contributed by atoms with Crippen LogP contribution in [0.2, 0.25) is 0 Å². The SMILES string of the molecule is CCNC(=O)c1ccc(Sc2ccc(NS(=O)(=O)c3ccc(OC)c(OC)c3)cc2)nc1. The third-order valence-corrected chi connectivity index (χ3v) is 6.67. The zero-order valence-corrected chi connectivity index (χ0v) is 19.4. The maximum atomic E-state index is 12.7. The molecule has 8 nitrogen and oxygen atoms in total. The van der Waals surface area contributed by atoms with Crippen LogP contribution < -0.4 is 19.5 Å². The van der Waals surface area contributed by atoms with Crippen molar-refractivity contribution in [3.63, 3.8) is 0 Å². The predicted octanol–water partition coefficient (Wildman–Crippen LogP) is 3.80. The summed E-state index contributed by atoms with van der Waals surface area (Å²) in [5.74, 6) is 0.607. The molecule has 0 bridgehead atoms. The van der Waals surface area contributed by atoms with Crippen molar-refractivity contribution in [2.75, 3.05) is 25.5 Å². The van der Waals surface area contributed by atoms with Gasteiger partial charge in [-0.1, -0.05) is 11.8 Å². The van der Waals surface area contributed by atoms with E-state index in [9.17, 15) is 13.2 Å². The van der Waals surface area contributed by atoms with Crippen LogP contribution in [-0.2, 0) is 10.0 Å². The minimum absolute atomic E-state index is 0.0602. The van der Waals surface area contributed by atoms with Gasteiger partial charge in [0.25, 0.3) is 15.9 Å². The molecule has 0 radical (unpaired) electrons. The molecule has 0 saturated carbocycles. The van der Waals surface area contributed by atoms with E-state index in [4.69, 9.17) is 9.47 Å². The van der Waals surface area contributed by atoms with Gasteiger partial charge in [0.05, 0.1) is 24.7 Å². The number of rotatable bonds is 9. The number of sulfonamides is 1. The standard InChI is InChI=1S/C22H23N3O5S2/c1-4-23-22(26)15-5-12-21(24-14-15)31-17-8-6-16(7-9-17)25-32(27,28)18-10-11-19(29-2)20(13-18)30-3/h5-14,25H,4H2,1-3H3,(H,23,26). The van der Waals surface area contributed by atoms with Crippen LogP contribution in [0.15, 0.2) is 75.6 Å². The van der Waals surface area contributed by atoms with Gasteiger partial charge in [0.2, 0.25) is 0 Å². The van der Waals surface area contributed by atoms with Gasteiger partial charge in [-0.05, 0) is 55.5 Å². The molecule has 168 valence electrons. The molecule has 1 aromatic heterocycles. The molecule has 3 rings (SSSR count). The normalized spacial score (nSPS) is 11.0. The lowest BCUT2D eigenvalue weighted by atomic mass is 10.3. The highest BCUT2D eigenvalue weighted by Crippen LogP contribution is 2.31. The van der Waals surface area contributed by atoms with Crippen molar-refractivity contribution in [2.45, 2.75) is 21.7 Å². The maximum absolute atomic E-state index is 12.7. The molecule has 0 aliphatic carbocycles. The first kappa shape index (κ1) is 23.4. The first-order valence-corrected chi connectivity index (χ1v) is 11.9. The van der Waals surface area contributed by atoms with E-state index in [-0.39, 0.29) is 10.8 Å². The summed E-state index contributed by atoms with van der Waals surface area (Å²) in [6.45, 7) is 2.41. The summed E-state index contributed by atoms with van der Waals surface area (Å²) < 4.78 is 38.3. The van der Waals surface area contributed by atoms with E-state index in [1.165, 1.54) is 50.4 Å². The van der Waals surface area contributed by atoms with Crippen LogP contribution in [0.3, 0.4) is 0 Å². The van der Waals surface area contributed by atoms with Crippen LogP contribution in [0.1, 0.15) is 17.3 Å². The summed E-state index contributed by atoms with van der Waals surface area (Å²) in [6.07, 6.45) is 1.53. The Kier molecular flexibility index (Phi) is 7.60. The van der Waals surface area contributed by atoms with Crippen LogP contribution in [0, 0.1) is 0 Å². The number of ether oxygens (including phenoxy) is 2. The number of carbonyl (C=O) groups excluding carboxylic acids is 1. The van der Waals surface area contributed by atoms with E-state index < -0.39 is 10.0 Å². The molecular weight excluding hydrogens is 450 g/mol. The average molecular weight is 474 g/mol. The molecule has 2 aromatic carbocycles. The van der Waals surface area contributed by atoms with Crippen molar-refractivity contribution in [2.24, 2.45) is 0 Å². The van der Waals surface area contributed by atoms with Crippen molar-refractivity contribution in [1.82, 2.24) is 10.3 Å². The number of anilines is 1. The minimum Gasteiger partial charge on any atom is -0.493 e. The number of benzene rings is 2. The van der Waals surface area contributed by atoms with Gasteiger partial charge in [0.15, 0.2) is 11.5 Å².